The van der Waals surface area contributed by atoms with Gasteiger partial charge in [0.15, 0.2) is 16.7 Å². The predicted molar refractivity (Wildman–Crippen MR) is 108 cm³/mol. The predicted octanol–water partition coefficient (Wildman–Crippen LogP) is 2.31. The molecule has 138 valence electrons. The van der Waals surface area contributed by atoms with Crippen LogP contribution in [0.15, 0.2) is 33.3 Å². The molecule has 1 heterocycles. The van der Waals surface area contributed by atoms with Crippen LogP contribution >= 0.6 is 34.4 Å². The summed E-state index contributed by atoms with van der Waals surface area (Å²) in [4.78, 5) is 23.1. The smallest absolute Gasteiger partial charge is 0.331 e. The molecule has 2 rings (SSSR count). The molecule has 0 unspecified atom stereocenters. The standard InChI is InChI=1S/C16H16IN3O5S/c1-4-25-14-10(17)5-9(6-11(14)23-2)8-18-20-16-19-15(22)12(26-16)7-13(21)24-3/h5-8H,4H2,1-3H3,(H,19,20,22)/b12-7+,18-8?. The van der Waals surface area contributed by atoms with Crippen LogP contribution in [0, 0.1) is 3.57 Å². The quantitative estimate of drug-likeness (QED) is 0.217. The lowest BCUT2D eigenvalue weighted by Gasteiger charge is -2.11. The maximum atomic E-state index is 11.7. The molecule has 1 saturated heterocycles. The molecule has 0 bridgehead atoms. The van der Waals surface area contributed by atoms with Gasteiger partial charge in [-0.1, -0.05) is 0 Å². The minimum Gasteiger partial charge on any atom is -0.493 e. The maximum Gasteiger partial charge on any atom is 0.331 e. The van der Waals surface area contributed by atoms with Crippen molar-refractivity contribution in [2.24, 2.45) is 10.2 Å². The highest BCUT2D eigenvalue weighted by molar-refractivity contribution is 14.1. The number of hydrogen-bond acceptors (Lipinski definition) is 8. The van der Waals surface area contributed by atoms with E-state index in [0.29, 0.717) is 18.1 Å². The number of carbonyl (C=O) groups is 2. The molecule has 1 aliphatic heterocycles. The number of nitrogens with one attached hydrogen (secondary N) is 1. The molecular formula is C16H16IN3O5S. The molecule has 0 aromatic heterocycles. The van der Waals surface area contributed by atoms with Crippen LogP contribution in [-0.2, 0) is 14.3 Å². The van der Waals surface area contributed by atoms with Crippen molar-refractivity contribution >= 4 is 57.6 Å². The van der Waals surface area contributed by atoms with E-state index < -0.39 is 11.9 Å². The Hall–Kier alpha value is -2.08. The number of thioether (sulfide) groups is 1. The van der Waals surface area contributed by atoms with Gasteiger partial charge in [-0.05, 0) is 59.0 Å². The van der Waals surface area contributed by atoms with Crippen molar-refractivity contribution in [2.45, 2.75) is 6.92 Å². The zero-order valence-corrected chi connectivity index (χ0v) is 17.2. The summed E-state index contributed by atoms with van der Waals surface area (Å²) < 4.78 is 16.3. The molecule has 0 spiro atoms. The number of rotatable bonds is 6. The van der Waals surface area contributed by atoms with Gasteiger partial charge in [0.1, 0.15) is 0 Å². The minimum atomic E-state index is -0.608. The monoisotopic (exact) mass is 489 g/mol. The highest BCUT2D eigenvalue weighted by Gasteiger charge is 2.25. The van der Waals surface area contributed by atoms with Crippen molar-refractivity contribution in [1.82, 2.24) is 5.32 Å². The zero-order chi connectivity index (χ0) is 19.1. The Morgan fingerprint density at radius 1 is 1.38 bits per heavy atom. The Kier molecular flexibility index (Phi) is 7.45. The van der Waals surface area contributed by atoms with Crippen molar-refractivity contribution in [2.75, 3.05) is 20.8 Å². The Morgan fingerprint density at radius 2 is 2.15 bits per heavy atom. The first-order valence-electron chi connectivity index (χ1n) is 7.38. The van der Waals surface area contributed by atoms with Gasteiger partial charge in [-0.25, -0.2) is 4.79 Å². The molecule has 8 nitrogen and oxygen atoms in total. The lowest BCUT2D eigenvalue weighted by atomic mass is 10.2. The van der Waals surface area contributed by atoms with Gasteiger partial charge in [-0.15, -0.1) is 5.10 Å². The first-order valence-corrected chi connectivity index (χ1v) is 9.28. The van der Waals surface area contributed by atoms with Gasteiger partial charge in [0.2, 0.25) is 0 Å². The molecule has 1 aromatic carbocycles. The largest absolute Gasteiger partial charge is 0.493 e. The number of methoxy groups -OCH3 is 2. The Balaban J connectivity index is 2.14. The number of amides is 1. The highest BCUT2D eigenvalue weighted by Crippen LogP contribution is 2.33. The summed E-state index contributed by atoms with van der Waals surface area (Å²) >= 11 is 3.16. The molecule has 10 heteroatoms. The van der Waals surface area contributed by atoms with E-state index >= 15 is 0 Å². The summed E-state index contributed by atoms with van der Waals surface area (Å²) in [6.07, 6.45) is 2.63. The van der Waals surface area contributed by atoms with Gasteiger partial charge in [0.05, 0.1) is 35.5 Å². The lowest BCUT2D eigenvalue weighted by Crippen LogP contribution is -2.19. The number of ether oxygens (including phenoxy) is 3. The van der Waals surface area contributed by atoms with Crippen LogP contribution in [0.4, 0.5) is 0 Å². The number of carbonyl (C=O) groups excluding carboxylic acids is 2. The number of esters is 1. The summed E-state index contributed by atoms with van der Waals surface area (Å²) in [5.74, 6) is 0.241. The van der Waals surface area contributed by atoms with Crippen LogP contribution in [0.2, 0.25) is 0 Å². The molecule has 1 aromatic rings. The van der Waals surface area contributed by atoms with Crippen molar-refractivity contribution in [3.63, 3.8) is 0 Å². The molecular weight excluding hydrogens is 473 g/mol. The summed E-state index contributed by atoms with van der Waals surface area (Å²) in [5, 5.41) is 10.7. The molecule has 0 saturated carbocycles. The molecule has 0 atom stereocenters. The van der Waals surface area contributed by atoms with Gasteiger partial charge in [0.25, 0.3) is 5.91 Å². The molecule has 0 aliphatic carbocycles. The van der Waals surface area contributed by atoms with E-state index in [-0.39, 0.29) is 10.1 Å². The zero-order valence-electron chi connectivity index (χ0n) is 14.2. The second-order valence-electron chi connectivity index (χ2n) is 4.70. The summed E-state index contributed by atoms with van der Waals surface area (Å²) in [6.45, 7) is 2.43. The maximum absolute atomic E-state index is 11.7. The minimum absolute atomic E-state index is 0.197. The highest BCUT2D eigenvalue weighted by atomic mass is 127. The number of benzene rings is 1. The second-order valence-corrected chi connectivity index (χ2v) is 6.90. The van der Waals surface area contributed by atoms with E-state index in [0.717, 1.165) is 27.0 Å². The van der Waals surface area contributed by atoms with Gasteiger partial charge in [-0.3, -0.25) is 10.1 Å². The fourth-order valence-electron chi connectivity index (χ4n) is 1.89. The molecule has 1 N–H and O–H groups in total. The van der Waals surface area contributed by atoms with Gasteiger partial charge >= 0.3 is 5.97 Å². The SMILES string of the molecule is CCOc1c(I)cc(C=N/N=C2/NC(=O)/C(=C\C(=O)OC)S2)cc1OC. The fraction of sp³-hybridized carbons (Fsp3) is 0.250. The van der Waals surface area contributed by atoms with Crippen molar-refractivity contribution in [1.29, 1.82) is 0 Å². The summed E-state index contributed by atoms with van der Waals surface area (Å²) in [7, 11) is 2.80. The molecule has 0 radical (unpaired) electrons. The van der Waals surface area contributed by atoms with Gasteiger partial charge in [0, 0.05) is 6.08 Å². The number of halogens is 1. The molecule has 26 heavy (non-hydrogen) atoms. The van der Waals surface area contributed by atoms with Crippen LogP contribution in [0.5, 0.6) is 11.5 Å². The number of nitrogens with zero attached hydrogens (tertiary/aromatic N) is 2. The van der Waals surface area contributed by atoms with E-state index in [4.69, 9.17) is 9.47 Å². The van der Waals surface area contributed by atoms with E-state index in [1.54, 1.807) is 13.2 Å². The topological polar surface area (TPSA) is 98.6 Å². The lowest BCUT2D eigenvalue weighted by molar-refractivity contribution is -0.135. The molecule has 1 amide bonds. The van der Waals surface area contributed by atoms with Gasteiger partial charge < -0.3 is 14.2 Å². The third kappa shape index (κ3) is 5.21. The summed E-state index contributed by atoms with van der Waals surface area (Å²) in [6, 6.07) is 3.65. The number of hydrogen-bond donors (Lipinski definition) is 1. The first kappa shape index (κ1) is 20.2. The van der Waals surface area contributed by atoms with E-state index in [2.05, 4.69) is 42.8 Å². The van der Waals surface area contributed by atoms with E-state index in [1.165, 1.54) is 13.3 Å². The average Bonchev–Trinajstić information content (AvgIpc) is 2.96. The Bertz CT molecular complexity index is 807. The van der Waals surface area contributed by atoms with Crippen LogP contribution < -0.4 is 14.8 Å². The van der Waals surface area contributed by atoms with Crippen molar-refractivity contribution in [3.05, 3.63) is 32.2 Å². The Labute approximate surface area is 168 Å². The number of amidine groups is 1. The fourth-order valence-corrected chi connectivity index (χ4v) is 3.41. The van der Waals surface area contributed by atoms with Crippen LogP contribution in [0.3, 0.4) is 0 Å². The van der Waals surface area contributed by atoms with E-state index in [9.17, 15) is 9.59 Å². The third-order valence-corrected chi connectivity index (χ3v) is 4.70. The molecule has 1 fully saturated rings. The van der Waals surface area contributed by atoms with E-state index in [1.807, 2.05) is 13.0 Å². The van der Waals surface area contributed by atoms with Crippen LogP contribution in [0.1, 0.15) is 12.5 Å². The van der Waals surface area contributed by atoms with Crippen molar-refractivity contribution in [3.8, 4) is 11.5 Å². The second kappa shape index (κ2) is 9.57. The Morgan fingerprint density at radius 3 is 2.81 bits per heavy atom. The summed E-state index contributed by atoms with van der Waals surface area (Å²) in [5.41, 5.74) is 0.763. The van der Waals surface area contributed by atoms with Crippen molar-refractivity contribution < 1.29 is 23.8 Å². The normalized spacial score (nSPS) is 17.0. The van der Waals surface area contributed by atoms with Crippen LogP contribution in [0.25, 0.3) is 0 Å². The molecule has 1 aliphatic rings. The van der Waals surface area contributed by atoms with Crippen LogP contribution in [-0.4, -0.2) is 44.1 Å². The average molecular weight is 489 g/mol. The third-order valence-electron chi connectivity index (χ3n) is 3.00. The first-order chi connectivity index (χ1) is 12.5. The van der Waals surface area contributed by atoms with Gasteiger partial charge in [-0.2, -0.15) is 5.10 Å².